The molecule has 0 saturated carbocycles. The van der Waals surface area contributed by atoms with Crippen molar-refractivity contribution in [2.24, 2.45) is 0 Å². The van der Waals surface area contributed by atoms with Gasteiger partial charge in [-0.3, -0.25) is 0 Å². The van der Waals surface area contributed by atoms with Crippen molar-refractivity contribution in [1.29, 1.82) is 0 Å². The smallest absolute Gasteiger partial charge is 0.175 e. The Balaban J connectivity index is 1.95. The Kier molecular flexibility index (Phi) is 3.42. The predicted octanol–water partition coefficient (Wildman–Crippen LogP) is 2.64. The van der Waals surface area contributed by atoms with E-state index in [1.165, 1.54) is 6.26 Å². The third-order valence-electron chi connectivity index (χ3n) is 2.91. The molecule has 1 N–H and O–H groups in total. The first-order valence-corrected chi connectivity index (χ1v) is 8.69. The van der Waals surface area contributed by atoms with E-state index in [1.54, 1.807) is 47.2 Å². The second kappa shape index (κ2) is 5.12. The summed E-state index contributed by atoms with van der Waals surface area (Å²) >= 11 is 3.38. The number of nitrogens with zero attached hydrogens (tertiary/aromatic N) is 3. The van der Waals surface area contributed by atoms with Crippen LogP contribution in [0.3, 0.4) is 0 Å². The number of fused-ring (bicyclic) bond motifs is 1. The molecular formula is C13H11BrN4O2S. The van der Waals surface area contributed by atoms with E-state index in [0.29, 0.717) is 5.65 Å². The quantitative estimate of drug-likeness (QED) is 0.770. The zero-order valence-electron chi connectivity index (χ0n) is 11.0. The maximum Gasteiger partial charge on any atom is 0.175 e. The molecule has 3 aromatic rings. The number of anilines is 2. The van der Waals surface area contributed by atoms with Gasteiger partial charge < -0.3 is 5.32 Å². The van der Waals surface area contributed by atoms with Crippen molar-refractivity contribution in [3.8, 4) is 0 Å². The Morgan fingerprint density at radius 1 is 1.19 bits per heavy atom. The first-order valence-electron chi connectivity index (χ1n) is 6.00. The molecule has 3 rings (SSSR count). The topological polar surface area (TPSA) is 76.4 Å². The van der Waals surface area contributed by atoms with E-state index in [0.717, 1.165) is 16.0 Å². The summed E-state index contributed by atoms with van der Waals surface area (Å²) in [6, 6.07) is 8.34. The van der Waals surface area contributed by atoms with Gasteiger partial charge in [-0.05, 0) is 46.3 Å². The van der Waals surface area contributed by atoms with Crippen molar-refractivity contribution in [3.63, 3.8) is 0 Å². The van der Waals surface area contributed by atoms with E-state index in [-0.39, 0.29) is 4.90 Å². The molecule has 0 spiro atoms. The summed E-state index contributed by atoms with van der Waals surface area (Å²) < 4.78 is 25.3. The fourth-order valence-electron chi connectivity index (χ4n) is 1.89. The second-order valence-corrected chi connectivity index (χ2v) is 7.35. The lowest BCUT2D eigenvalue weighted by Gasteiger charge is -2.08. The molecule has 0 bridgehead atoms. The van der Waals surface area contributed by atoms with Crippen molar-refractivity contribution >= 4 is 42.9 Å². The summed E-state index contributed by atoms with van der Waals surface area (Å²) in [6.07, 6.45) is 4.53. The van der Waals surface area contributed by atoms with Crippen molar-refractivity contribution in [1.82, 2.24) is 14.6 Å². The van der Waals surface area contributed by atoms with Gasteiger partial charge in [0.25, 0.3) is 0 Å². The first kappa shape index (κ1) is 14.0. The molecule has 0 fully saturated rings. The third-order valence-corrected chi connectivity index (χ3v) is 4.60. The number of halogens is 1. The summed E-state index contributed by atoms with van der Waals surface area (Å²) in [5.74, 6) is 0.734. The lowest BCUT2D eigenvalue weighted by Crippen LogP contribution is -2.01. The van der Waals surface area contributed by atoms with Crippen LogP contribution in [0.25, 0.3) is 5.65 Å². The first-order chi connectivity index (χ1) is 9.95. The molecule has 0 aliphatic carbocycles. The number of hydrogen-bond acceptors (Lipinski definition) is 5. The highest BCUT2D eigenvalue weighted by Crippen LogP contribution is 2.22. The fraction of sp³-hybridized carbons (Fsp3) is 0.0769. The van der Waals surface area contributed by atoms with Crippen LogP contribution in [0.4, 0.5) is 11.5 Å². The molecule has 0 unspecified atom stereocenters. The van der Waals surface area contributed by atoms with Crippen molar-refractivity contribution in [2.45, 2.75) is 4.90 Å². The number of aromatic nitrogens is 3. The van der Waals surface area contributed by atoms with Crippen LogP contribution >= 0.6 is 15.9 Å². The van der Waals surface area contributed by atoms with Gasteiger partial charge in [0.2, 0.25) is 0 Å². The van der Waals surface area contributed by atoms with E-state index in [4.69, 9.17) is 0 Å². The van der Waals surface area contributed by atoms with Crippen LogP contribution in [-0.4, -0.2) is 29.3 Å². The van der Waals surface area contributed by atoms with Gasteiger partial charge in [-0.25, -0.2) is 13.4 Å². The zero-order valence-corrected chi connectivity index (χ0v) is 13.4. The van der Waals surface area contributed by atoms with Crippen LogP contribution < -0.4 is 5.32 Å². The summed E-state index contributed by atoms with van der Waals surface area (Å²) in [4.78, 5) is 4.51. The predicted molar refractivity (Wildman–Crippen MR) is 83.5 cm³/mol. The molecule has 0 aliphatic rings. The molecule has 0 radical (unpaired) electrons. The highest BCUT2D eigenvalue weighted by molar-refractivity contribution is 9.10. The van der Waals surface area contributed by atoms with E-state index in [9.17, 15) is 8.42 Å². The van der Waals surface area contributed by atoms with E-state index in [2.05, 4.69) is 31.3 Å². The molecule has 0 amide bonds. The molecule has 8 heteroatoms. The normalized spacial score (nSPS) is 11.7. The molecule has 2 aromatic heterocycles. The van der Waals surface area contributed by atoms with Crippen LogP contribution in [0, 0.1) is 0 Å². The van der Waals surface area contributed by atoms with Gasteiger partial charge in [0, 0.05) is 18.1 Å². The Morgan fingerprint density at radius 2 is 1.90 bits per heavy atom. The maximum absolute atomic E-state index is 11.4. The summed E-state index contributed by atoms with van der Waals surface area (Å²) in [5, 5.41) is 7.40. The molecule has 0 atom stereocenters. The van der Waals surface area contributed by atoms with Gasteiger partial charge in [0.15, 0.2) is 15.5 Å². The highest BCUT2D eigenvalue weighted by Gasteiger charge is 2.08. The number of sulfone groups is 1. The van der Waals surface area contributed by atoms with Gasteiger partial charge >= 0.3 is 0 Å². The lowest BCUT2D eigenvalue weighted by atomic mass is 10.3. The lowest BCUT2D eigenvalue weighted by molar-refractivity contribution is 0.602. The van der Waals surface area contributed by atoms with Crippen LogP contribution in [-0.2, 0) is 9.84 Å². The molecule has 1 aromatic carbocycles. The summed E-state index contributed by atoms with van der Waals surface area (Å²) in [7, 11) is -3.19. The van der Waals surface area contributed by atoms with E-state index < -0.39 is 9.84 Å². The fourth-order valence-corrected chi connectivity index (χ4v) is 2.88. The largest absolute Gasteiger partial charge is 0.340 e. The Labute approximate surface area is 129 Å². The van der Waals surface area contributed by atoms with Crippen molar-refractivity contribution in [2.75, 3.05) is 11.6 Å². The number of rotatable bonds is 3. The molecule has 6 nitrogen and oxygen atoms in total. The maximum atomic E-state index is 11.4. The van der Waals surface area contributed by atoms with Crippen LogP contribution in [0.1, 0.15) is 0 Å². The minimum absolute atomic E-state index is 0.287. The Bertz CT molecular complexity index is 904. The summed E-state index contributed by atoms with van der Waals surface area (Å²) in [5.41, 5.74) is 1.47. The SMILES string of the molecule is CS(=O)(=O)c1ccc(Nc2ccnc3c(Br)cnn23)cc1. The minimum Gasteiger partial charge on any atom is -0.340 e. The Morgan fingerprint density at radius 3 is 2.57 bits per heavy atom. The average Bonchev–Trinajstić information content (AvgIpc) is 2.82. The van der Waals surface area contributed by atoms with Gasteiger partial charge in [0.05, 0.1) is 15.6 Å². The van der Waals surface area contributed by atoms with Crippen molar-refractivity contribution in [3.05, 3.63) is 47.2 Å². The standard InChI is InChI=1S/C13H11BrN4O2S/c1-21(19,20)10-4-2-9(3-5-10)17-12-6-7-15-13-11(14)8-16-18(12)13/h2-8,17H,1H3. The molecule has 0 saturated heterocycles. The number of nitrogens with one attached hydrogen (secondary N) is 1. The van der Waals surface area contributed by atoms with Crippen molar-refractivity contribution < 1.29 is 8.42 Å². The molecule has 2 heterocycles. The van der Waals surface area contributed by atoms with Gasteiger partial charge in [0.1, 0.15) is 5.82 Å². The third kappa shape index (κ3) is 2.77. The average molecular weight is 367 g/mol. The van der Waals surface area contributed by atoms with Crippen LogP contribution in [0.2, 0.25) is 0 Å². The van der Waals surface area contributed by atoms with E-state index >= 15 is 0 Å². The highest BCUT2D eigenvalue weighted by atomic mass is 79.9. The van der Waals surface area contributed by atoms with Crippen LogP contribution in [0.5, 0.6) is 0 Å². The summed E-state index contributed by atoms with van der Waals surface area (Å²) in [6.45, 7) is 0. The number of hydrogen-bond donors (Lipinski definition) is 1. The second-order valence-electron chi connectivity index (χ2n) is 4.48. The molecule has 108 valence electrons. The molecule has 21 heavy (non-hydrogen) atoms. The van der Waals surface area contributed by atoms with Gasteiger partial charge in [-0.2, -0.15) is 9.61 Å². The Hall–Kier alpha value is -1.93. The van der Waals surface area contributed by atoms with Crippen LogP contribution in [0.15, 0.2) is 52.1 Å². The zero-order chi connectivity index (χ0) is 15.0. The number of benzene rings is 1. The van der Waals surface area contributed by atoms with E-state index in [1.807, 2.05) is 0 Å². The molecule has 0 aliphatic heterocycles. The monoisotopic (exact) mass is 366 g/mol. The minimum atomic E-state index is -3.19. The van der Waals surface area contributed by atoms with Gasteiger partial charge in [-0.15, -0.1) is 0 Å². The molecular weight excluding hydrogens is 356 g/mol. The van der Waals surface area contributed by atoms with Gasteiger partial charge in [-0.1, -0.05) is 0 Å².